The van der Waals surface area contributed by atoms with Crippen LogP contribution in [0.4, 0.5) is 15.8 Å². The van der Waals surface area contributed by atoms with Gasteiger partial charge in [-0.25, -0.2) is 4.39 Å². The Bertz CT molecular complexity index is 830. The molecule has 0 saturated heterocycles. The van der Waals surface area contributed by atoms with Gasteiger partial charge >= 0.3 is 0 Å². The van der Waals surface area contributed by atoms with Gasteiger partial charge in [0.2, 0.25) is 0 Å². The van der Waals surface area contributed by atoms with E-state index in [9.17, 15) is 9.18 Å². The summed E-state index contributed by atoms with van der Waals surface area (Å²) >= 11 is 5.97. The topological polar surface area (TPSA) is 90.9 Å². The van der Waals surface area contributed by atoms with E-state index >= 15 is 0 Å². The third-order valence-electron chi connectivity index (χ3n) is 3.05. The first-order valence-electron chi connectivity index (χ1n) is 6.94. The van der Waals surface area contributed by atoms with Crippen LogP contribution in [0.2, 0.25) is 5.02 Å². The highest BCUT2D eigenvalue weighted by molar-refractivity contribution is 6.34. The number of amides is 1. The molecule has 0 spiro atoms. The third-order valence-corrected chi connectivity index (χ3v) is 3.36. The second-order valence-electron chi connectivity index (χ2n) is 4.87. The number of nitrogens with zero attached hydrogens (tertiary/aromatic N) is 1. The lowest BCUT2D eigenvalue weighted by molar-refractivity contribution is -0.112. The molecule has 0 fully saturated rings. The van der Waals surface area contributed by atoms with Crippen molar-refractivity contribution in [3.8, 4) is 6.07 Å². The molecule has 0 aliphatic carbocycles. The third kappa shape index (κ3) is 4.73. The van der Waals surface area contributed by atoms with Crippen molar-refractivity contribution in [3.63, 3.8) is 0 Å². The first-order chi connectivity index (χ1) is 11.5. The molecular weight excluding hydrogens is 331 g/mol. The molecule has 0 saturated carbocycles. The van der Waals surface area contributed by atoms with Gasteiger partial charge in [-0.2, -0.15) is 5.26 Å². The van der Waals surface area contributed by atoms with Gasteiger partial charge < -0.3 is 16.4 Å². The van der Waals surface area contributed by atoms with E-state index in [1.54, 1.807) is 30.3 Å². The minimum Gasteiger partial charge on any atom is -0.399 e. The van der Waals surface area contributed by atoms with Crippen LogP contribution in [0.5, 0.6) is 0 Å². The highest BCUT2D eigenvalue weighted by atomic mass is 35.5. The molecular formula is C17H14ClFN4O. The van der Waals surface area contributed by atoms with Gasteiger partial charge in [-0.1, -0.05) is 23.7 Å². The van der Waals surface area contributed by atoms with E-state index in [0.29, 0.717) is 16.9 Å². The Morgan fingerprint density at radius 3 is 2.79 bits per heavy atom. The maximum absolute atomic E-state index is 13.1. The number of hydrogen-bond acceptors (Lipinski definition) is 4. The molecule has 0 aliphatic rings. The summed E-state index contributed by atoms with van der Waals surface area (Å²) in [6, 6.07) is 12.4. The molecule has 2 rings (SSSR count). The van der Waals surface area contributed by atoms with Crippen LogP contribution in [-0.4, -0.2) is 5.91 Å². The number of carbonyl (C=O) groups is 1. The summed E-state index contributed by atoms with van der Waals surface area (Å²) in [7, 11) is 0. The predicted octanol–water partition coefficient (Wildman–Crippen LogP) is 3.20. The molecule has 0 aliphatic heterocycles. The van der Waals surface area contributed by atoms with Gasteiger partial charge in [0, 0.05) is 18.4 Å². The normalized spacial score (nSPS) is 10.8. The molecule has 0 radical (unpaired) electrons. The maximum Gasteiger partial charge on any atom is 0.267 e. The van der Waals surface area contributed by atoms with E-state index in [1.165, 1.54) is 24.4 Å². The molecule has 0 heterocycles. The number of nitrogens with one attached hydrogen (secondary N) is 2. The Hall–Kier alpha value is -3.04. The number of nitrogen functional groups attached to an aromatic ring is 1. The van der Waals surface area contributed by atoms with Crippen molar-refractivity contribution in [2.75, 3.05) is 11.1 Å². The average molecular weight is 345 g/mol. The number of benzene rings is 2. The second-order valence-corrected chi connectivity index (χ2v) is 5.28. The summed E-state index contributed by atoms with van der Waals surface area (Å²) in [5, 5.41) is 14.7. The molecule has 0 atom stereocenters. The fraction of sp³-hybridized carbons (Fsp3) is 0.0588. The summed E-state index contributed by atoms with van der Waals surface area (Å²) in [4.78, 5) is 12.1. The van der Waals surface area contributed by atoms with E-state index in [-0.39, 0.29) is 23.0 Å². The molecule has 5 nitrogen and oxygen atoms in total. The van der Waals surface area contributed by atoms with Crippen molar-refractivity contribution >= 4 is 28.9 Å². The number of anilines is 2. The van der Waals surface area contributed by atoms with Crippen molar-refractivity contribution < 1.29 is 9.18 Å². The zero-order valence-electron chi connectivity index (χ0n) is 12.5. The molecule has 0 bridgehead atoms. The summed E-state index contributed by atoms with van der Waals surface area (Å²) < 4.78 is 13.1. The summed E-state index contributed by atoms with van der Waals surface area (Å²) in [6.45, 7) is 0.277. The smallest absolute Gasteiger partial charge is 0.267 e. The lowest BCUT2D eigenvalue weighted by Gasteiger charge is -2.07. The molecule has 1 amide bonds. The molecule has 2 aromatic rings. The fourth-order valence-electron chi connectivity index (χ4n) is 1.89. The van der Waals surface area contributed by atoms with Gasteiger partial charge in [0.1, 0.15) is 17.5 Å². The Morgan fingerprint density at radius 1 is 1.33 bits per heavy atom. The van der Waals surface area contributed by atoms with E-state index in [1.807, 2.05) is 0 Å². The van der Waals surface area contributed by atoms with Gasteiger partial charge in [-0.05, 0) is 35.9 Å². The number of rotatable bonds is 5. The highest BCUT2D eigenvalue weighted by Gasteiger charge is 2.11. The van der Waals surface area contributed by atoms with Crippen molar-refractivity contribution in [3.05, 3.63) is 70.6 Å². The van der Waals surface area contributed by atoms with Gasteiger partial charge in [-0.15, -0.1) is 0 Å². The van der Waals surface area contributed by atoms with E-state index < -0.39 is 5.91 Å². The zero-order chi connectivity index (χ0) is 17.5. The lowest BCUT2D eigenvalue weighted by atomic mass is 10.2. The number of nitrogens with two attached hydrogens (primary N) is 1. The van der Waals surface area contributed by atoms with Crippen LogP contribution in [-0.2, 0) is 11.3 Å². The van der Waals surface area contributed by atoms with Crippen molar-refractivity contribution in [2.24, 2.45) is 0 Å². The monoisotopic (exact) mass is 344 g/mol. The molecule has 122 valence electrons. The Balaban J connectivity index is 2.01. The van der Waals surface area contributed by atoms with Gasteiger partial charge in [0.15, 0.2) is 0 Å². The largest absolute Gasteiger partial charge is 0.399 e. The van der Waals surface area contributed by atoms with E-state index in [4.69, 9.17) is 22.6 Å². The maximum atomic E-state index is 13.1. The quantitative estimate of drug-likeness (QED) is 0.441. The zero-order valence-corrected chi connectivity index (χ0v) is 13.3. The number of nitriles is 1. The first-order valence-corrected chi connectivity index (χ1v) is 7.32. The molecule has 24 heavy (non-hydrogen) atoms. The molecule has 2 aromatic carbocycles. The van der Waals surface area contributed by atoms with Crippen molar-refractivity contribution in [2.45, 2.75) is 6.54 Å². The van der Waals surface area contributed by atoms with Crippen molar-refractivity contribution in [1.29, 1.82) is 5.26 Å². The molecule has 0 unspecified atom stereocenters. The van der Waals surface area contributed by atoms with Gasteiger partial charge in [0.05, 0.1) is 10.7 Å². The fourth-order valence-corrected chi connectivity index (χ4v) is 2.13. The Labute approximate surface area is 143 Å². The molecule has 4 N–H and O–H groups in total. The summed E-state index contributed by atoms with van der Waals surface area (Å²) in [5.74, 6) is -0.967. The number of carbonyl (C=O) groups excluding carboxylic acids is 1. The summed E-state index contributed by atoms with van der Waals surface area (Å²) in [6.07, 6.45) is 1.27. The average Bonchev–Trinajstić information content (AvgIpc) is 2.54. The van der Waals surface area contributed by atoms with Gasteiger partial charge in [-0.3, -0.25) is 4.79 Å². The lowest BCUT2D eigenvalue weighted by Crippen LogP contribution is -2.17. The first kappa shape index (κ1) is 17.3. The van der Waals surface area contributed by atoms with Gasteiger partial charge in [0.25, 0.3) is 5.91 Å². The number of halogens is 2. The second kappa shape index (κ2) is 7.99. The SMILES string of the molecule is N#C/C(=C/NCc1cccc(F)c1)C(=O)Nc1ccc(N)cc1Cl. The Kier molecular flexibility index (Phi) is 5.77. The summed E-state index contributed by atoms with van der Waals surface area (Å²) in [5.41, 5.74) is 6.94. The minimum absolute atomic E-state index is 0.140. The standard InChI is InChI=1S/C17H14ClFN4O/c18-15-7-14(21)4-5-16(15)23-17(24)12(8-20)10-22-9-11-2-1-3-13(19)6-11/h1-7,10,22H,9,21H2,(H,23,24)/b12-10-. The van der Waals surface area contributed by atoms with Crippen LogP contribution < -0.4 is 16.4 Å². The van der Waals surface area contributed by atoms with Crippen molar-refractivity contribution in [1.82, 2.24) is 5.32 Å². The molecule has 0 aromatic heterocycles. The predicted molar refractivity (Wildman–Crippen MR) is 91.4 cm³/mol. The van der Waals surface area contributed by atoms with Crippen LogP contribution in [0.1, 0.15) is 5.56 Å². The van der Waals surface area contributed by atoms with E-state index in [2.05, 4.69) is 10.6 Å². The van der Waals surface area contributed by atoms with Crippen LogP contribution in [0, 0.1) is 17.1 Å². The van der Waals surface area contributed by atoms with Crippen LogP contribution in [0.3, 0.4) is 0 Å². The molecule has 7 heteroatoms. The van der Waals surface area contributed by atoms with Crippen LogP contribution in [0.25, 0.3) is 0 Å². The van der Waals surface area contributed by atoms with Crippen LogP contribution >= 0.6 is 11.6 Å². The minimum atomic E-state index is -0.615. The van der Waals surface area contributed by atoms with Crippen LogP contribution in [0.15, 0.2) is 54.2 Å². The Morgan fingerprint density at radius 2 is 2.12 bits per heavy atom. The highest BCUT2D eigenvalue weighted by Crippen LogP contribution is 2.24. The number of hydrogen-bond donors (Lipinski definition) is 3. The van der Waals surface area contributed by atoms with E-state index in [0.717, 1.165) is 0 Å².